The van der Waals surface area contributed by atoms with Crippen LogP contribution in [-0.4, -0.2) is 15.0 Å². The minimum absolute atomic E-state index is 0.352. The van der Waals surface area contributed by atoms with Crippen LogP contribution in [0, 0.1) is 0 Å². The summed E-state index contributed by atoms with van der Waals surface area (Å²) < 4.78 is 0. The minimum atomic E-state index is 0.352. The zero-order valence-electron chi connectivity index (χ0n) is 9.38. The normalized spacial score (nSPS) is 10.7. The number of anilines is 1. The van der Waals surface area contributed by atoms with Gasteiger partial charge in [0.2, 0.25) is 0 Å². The molecular formula is C12H14N4. The van der Waals surface area contributed by atoms with Gasteiger partial charge in [-0.1, -0.05) is 13.8 Å². The summed E-state index contributed by atoms with van der Waals surface area (Å²) in [6.07, 6.45) is 5.15. The lowest BCUT2D eigenvalue weighted by atomic mass is 10.1. The highest BCUT2D eigenvalue weighted by Gasteiger charge is 2.07. The van der Waals surface area contributed by atoms with E-state index in [0.29, 0.717) is 11.7 Å². The summed E-state index contributed by atoms with van der Waals surface area (Å²) in [6.45, 7) is 4.17. The molecule has 0 saturated carbocycles. The van der Waals surface area contributed by atoms with Crippen molar-refractivity contribution in [2.75, 3.05) is 5.73 Å². The molecule has 0 unspecified atom stereocenters. The topological polar surface area (TPSA) is 64.7 Å². The molecule has 0 aromatic carbocycles. The molecule has 2 heterocycles. The lowest BCUT2D eigenvalue weighted by Gasteiger charge is -2.07. The Hall–Kier alpha value is -1.97. The van der Waals surface area contributed by atoms with Gasteiger partial charge in [0, 0.05) is 18.0 Å². The summed E-state index contributed by atoms with van der Waals surface area (Å²) in [7, 11) is 0. The number of aromatic nitrogens is 3. The second-order valence-corrected chi connectivity index (χ2v) is 3.92. The van der Waals surface area contributed by atoms with E-state index in [9.17, 15) is 0 Å². The average molecular weight is 214 g/mol. The summed E-state index contributed by atoms with van der Waals surface area (Å²) in [5, 5.41) is 0. The molecule has 0 saturated heterocycles. The molecule has 0 atom stereocenters. The number of rotatable bonds is 2. The van der Waals surface area contributed by atoms with Crippen LogP contribution in [0.1, 0.15) is 25.5 Å². The van der Waals surface area contributed by atoms with Crippen molar-refractivity contribution in [2.24, 2.45) is 0 Å². The monoisotopic (exact) mass is 214 g/mol. The van der Waals surface area contributed by atoms with Crippen molar-refractivity contribution >= 4 is 5.82 Å². The number of hydrogen-bond acceptors (Lipinski definition) is 4. The molecule has 2 aromatic heterocycles. The van der Waals surface area contributed by atoms with Crippen LogP contribution in [0.5, 0.6) is 0 Å². The zero-order valence-corrected chi connectivity index (χ0v) is 9.38. The van der Waals surface area contributed by atoms with Crippen LogP contribution in [0.4, 0.5) is 5.82 Å². The van der Waals surface area contributed by atoms with Crippen LogP contribution in [0.15, 0.2) is 30.7 Å². The van der Waals surface area contributed by atoms with Gasteiger partial charge < -0.3 is 5.73 Å². The van der Waals surface area contributed by atoms with Crippen molar-refractivity contribution in [2.45, 2.75) is 19.8 Å². The number of nitrogens with two attached hydrogens (primary N) is 1. The number of hydrogen-bond donors (Lipinski definition) is 1. The van der Waals surface area contributed by atoms with Crippen LogP contribution in [0.2, 0.25) is 0 Å². The third kappa shape index (κ3) is 2.00. The van der Waals surface area contributed by atoms with Gasteiger partial charge in [0.05, 0.1) is 17.6 Å². The van der Waals surface area contributed by atoms with Gasteiger partial charge in [-0.15, -0.1) is 0 Å². The maximum absolute atomic E-state index is 5.80. The number of pyridine rings is 1. The second-order valence-electron chi connectivity index (χ2n) is 3.92. The molecule has 0 aliphatic heterocycles. The molecule has 2 rings (SSSR count). The van der Waals surface area contributed by atoms with Crippen LogP contribution in [0.3, 0.4) is 0 Å². The average Bonchev–Trinajstić information content (AvgIpc) is 2.30. The van der Waals surface area contributed by atoms with E-state index in [4.69, 9.17) is 5.73 Å². The summed E-state index contributed by atoms with van der Waals surface area (Å²) in [4.78, 5) is 12.7. The van der Waals surface area contributed by atoms with Gasteiger partial charge >= 0.3 is 0 Å². The van der Waals surface area contributed by atoms with E-state index in [2.05, 4.69) is 28.8 Å². The largest absolute Gasteiger partial charge is 0.383 e. The smallest absolute Gasteiger partial charge is 0.132 e. The molecule has 4 nitrogen and oxygen atoms in total. The highest BCUT2D eigenvalue weighted by molar-refractivity contribution is 5.69. The van der Waals surface area contributed by atoms with Gasteiger partial charge in [-0.25, -0.2) is 9.97 Å². The fourth-order valence-electron chi connectivity index (χ4n) is 1.42. The lowest BCUT2D eigenvalue weighted by Crippen LogP contribution is -1.99. The third-order valence-electron chi connectivity index (χ3n) is 2.36. The van der Waals surface area contributed by atoms with Gasteiger partial charge in [0.1, 0.15) is 5.82 Å². The molecule has 0 radical (unpaired) electrons. The molecule has 2 aromatic rings. The Morgan fingerprint density at radius 1 is 1.25 bits per heavy atom. The molecule has 0 fully saturated rings. The lowest BCUT2D eigenvalue weighted by molar-refractivity contribution is 0.814. The summed E-state index contributed by atoms with van der Waals surface area (Å²) in [5.41, 5.74) is 8.36. The summed E-state index contributed by atoms with van der Waals surface area (Å²) in [6, 6.07) is 3.74. The predicted molar refractivity (Wildman–Crippen MR) is 63.8 cm³/mol. The molecule has 0 aliphatic carbocycles. The molecule has 0 aliphatic rings. The molecule has 16 heavy (non-hydrogen) atoms. The van der Waals surface area contributed by atoms with Crippen molar-refractivity contribution in [1.29, 1.82) is 0 Å². The molecule has 0 bridgehead atoms. The van der Waals surface area contributed by atoms with Gasteiger partial charge in [0.25, 0.3) is 0 Å². The first-order chi connectivity index (χ1) is 7.68. The minimum Gasteiger partial charge on any atom is -0.383 e. The standard InChI is InChI=1S/C12H14N4/c1-8(2)10-6-14-7-11(16-10)9-4-3-5-15-12(9)13/h3-8H,1-2H3,(H2,13,15). The van der Waals surface area contributed by atoms with Crippen molar-refractivity contribution in [1.82, 2.24) is 15.0 Å². The zero-order chi connectivity index (χ0) is 11.5. The first-order valence-corrected chi connectivity index (χ1v) is 5.21. The van der Waals surface area contributed by atoms with Crippen molar-refractivity contribution in [3.8, 4) is 11.3 Å². The Morgan fingerprint density at radius 2 is 2.06 bits per heavy atom. The Labute approximate surface area is 94.6 Å². The molecule has 0 spiro atoms. The van der Waals surface area contributed by atoms with E-state index < -0.39 is 0 Å². The highest BCUT2D eigenvalue weighted by atomic mass is 14.9. The molecule has 0 amide bonds. The van der Waals surface area contributed by atoms with Crippen LogP contribution >= 0.6 is 0 Å². The van der Waals surface area contributed by atoms with Crippen LogP contribution in [-0.2, 0) is 0 Å². The van der Waals surface area contributed by atoms with E-state index in [-0.39, 0.29) is 0 Å². The van der Waals surface area contributed by atoms with E-state index in [1.165, 1.54) is 0 Å². The number of nitrogens with zero attached hydrogens (tertiary/aromatic N) is 3. The van der Waals surface area contributed by atoms with E-state index in [1.54, 1.807) is 18.6 Å². The van der Waals surface area contributed by atoms with Gasteiger partial charge in [-0.05, 0) is 18.1 Å². The van der Waals surface area contributed by atoms with Crippen molar-refractivity contribution in [3.63, 3.8) is 0 Å². The fourth-order valence-corrected chi connectivity index (χ4v) is 1.42. The SMILES string of the molecule is CC(C)c1cncc(-c2cccnc2N)n1. The number of nitrogen functional groups attached to an aromatic ring is 1. The van der Waals surface area contributed by atoms with Crippen LogP contribution < -0.4 is 5.73 Å². The fraction of sp³-hybridized carbons (Fsp3) is 0.250. The second kappa shape index (κ2) is 4.26. The van der Waals surface area contributed by atoms with Gasteiger partial charge in [-0.3, -0.25) is 4.98 Å². The van der Waals surface area contributed by atoms with E-state index >= 15 is 0 Å². The van der Waals surface area contributed by atoms with Crippen LogP contribution in [0.25, 0.3) is 11.3 Å². The Bertz CT molecular complexity index is 494. The molecule has 2 N–H and O–H groups in total. The highest BCUT2D eigenvalue weighted by Crippen LogP contribution is 2.22. The van der Waals surface area contributed by atoms with E-state index in [0.717, 1.165) is 17.0 Å². The quantitative estimate of drug-likeness (QED) is 0.832. The van der Waals surface area contributed by atoms with E-state index in [1.807, 2.05) is 12.1 Å². The third-order valence-corrected chi connectivity index (χ3v) is 2.36. The maximum Gasteiger partial charge on any atom is 0.132 e. The predicted octanol–water partition coefficient (Wildman–Crippen LogP) is 2.24. The maximum atomic E-state index is 5.80. The summed E-state index contributed by atoms with van der Waals surface area (Å²) >= 11 is 0. The first-order valence-electron chi connectivity index (χ1n) is 5.21. The van der Waals surface area contributed by atoms with Crippen molar-refractivity contribution < 1.29 is 0 Å². The Morgan fingerprint density at radius 3 is 2.75 bits per heavy atom. The van der Waals surface area contributed by atoms with Crippen molar-refractivity contribution in [3.05, 3.63) is 36.4 Å². The Balaban J connectivity index is 2.49. The molecular weight excluding hydrogens is 200 g/mol. The Kier molecular flexibility index (Phi) is 2.81. The molecule has 82 valence electrons. The van der Waals surface area contributed by atoms with Gasteiger partial charge in [0.15, 0.2) is 0 Å². The summed E-state index contributed by atoms with van der Waals surface area (Å²) in [5.74, 6) is 0.836. The van der Waals surface area contributed by atoms with Gasteiger partial charge in [-0.2, -0.15) is 0 Å². The molecule has 4 heteroatoms. The first kappa shape index (κ1) is 10.5.